The second-order valence-corrected chi connectivity index (χ2v) is 9.76. The van der Waals surface area contributed by atoms with E-state index in [-0.39, 0.29) is 22.8 Å². The number of ether oxygens (including phenoxy) is 2. The average Bonchev–Trinajstić information content (AvgIpc) is 3.06. The van der Waals surface area contributed by atoms with E-state index in [9.17, 15) is 9.59 Å². The first-order valence-corrected chi connectivity index (χ1v) is 11.3. The lowest BCUT2D eigenvalue weighted by Crippen LogP contribution is -2.32. The highest BCUT2D eigenvalue weighted by atomic mass is 32.2. The Hall–Kier alpha value is -2.36. The Balaban J connectivity index is 1.54. The van der Waals surface area contributed by atoms with Gasteiger partial charge in [0.15, 0.2) is 5.16 Å². The Morgan fingerprint density at radius 2 is 2.23 bits per heavy atom. The third kappa shape index (κ3) is 4.10. The van der Waals surface area contributed by atoms with E-state index in [1.54, 1.807) is 26.3 Å². The molecule has 0 atom stereocenters. The molecule has 0 aliphatic carbocycles. The molecule has 9 heteroatoms. The molecule has 1 amide bonds. The Labute approximate surface area is 182 Å². The second-order valence-electron chi connectivity index (χ2n) is 7.74. The number of thiophene rings is 1. The number of hydrogen-bond donors (Lipinski definition) is 1. The van der Waals surface area contributed by atoms with Gasteiger partial charge in [0, 0.05) is 30.1 Å². The molecule has 1 aliphatic heterocycles. The first kappa shape index (κ1) is 20.9. The third-order valence-corrected chi connectivity index (χ3v) is 7.09. The zero-order valence-electron chi connectivity index (χ0n) is 17.3. The maximum Gasteiger partial charge on any atom is 0.262 e. The topological polar surface area (TPSA) is 82.5 Å². The third-order valence-electron chi connectivity index (χ3n) is 4.96. The van der Waals surface area contributed by atoms with Gasteiger partial charge in [0.25, 0.3) is 5.56 Å². The van der Waals surface area contributed by atoms with Crippen LogP contribution in [0.4, 0.5) is 5.69 Å². The predicted molar refractivity (Wildman–Crippen MR) is 120 cm³/mol. The van der Waals surface area contributed by atoms with Crippen molar-refractivity contribution in [3.63, 3.8) is 0 Å². The molecule has 0 saturated carbocycles. The molecule has 2 aromatic heterocycles. The van der Waals surface area contributed by atoms with Crippen LogP contribution < -0.4 is 15.6 Å². The van der Waals surface area contributed by atoms with Crippen LogP contribution in [0.3, 0.4) is 0 Å². The van der Waals surface area contributed by atoms with Gasteiger partial charge in [0.2, 0.25) is 5.91 Å². The second kappa shape index (κ2) is 8.05. The zero-order valence-corrected chi connectivity index (χ0v) is 18.9. The molecule has 158 valence electrons. The quantitative estimate of drug-likeness (QED) is 0.477. The van der Waals surface area contributed by atoms with Crippen LogP contribution in [0.15, 0.2) is 34.2 Å². The lowest BCUT2D eigenvalue weighted by molar-refractivity contribution is -0.113. The van der Waals surface area contributed by atoms with Crippen molar-refractivity contribution in [3.05, 3.63) is 45.1 Å². The monoisotopic (exact) mass is 445 g/mol. The zero-order chi connectivity index (χ0) is 21.5. The van der Waals surface area contributed by atoms with Crippen molar-refractivity contribution in [1.82, 2.24) is 9.55 Å². The number of aromatic nitrogens is 2. The van der Waals surface area contributed by atoms with Gasteiger partial charge in [0.05, 0.1) is 30.5 Å². The molecule has 7 nitrogen and oxygen atoms in total. The van der Waals surface area contributed by atoms with E-state index in [1.165, 1.54) is 27.7 Å². The fourth-order valence-electron chi connectivity index (χ4n) is 3.41. The van der Waals surface area contributed by atoms with Gasteiger partial charge in [-0.25, -0.2) is 4.98 Å². The van der Waals surface area contributed by atoms with Gasteiger partial charge >= 0.3 is 0 Å². The molecule has 0 radical (unpaired) electrons. The van der Waals surface area contributed by atoms with Crippen molar-refractivity contribution < 1.29 is 14.3 Å². The van der Waals surface area contributed by atoms with E-state index < -0.39 is 0 Å². The molecule has 30 heavy (non-hydrogen) atoms. The molecule has 0 unspecified atom stereocenters. The van der Waals surface area contributed by atoms with Crippen molar-refractivity contribution in [2.24, 2.45) is 7.05 Å². The van der Waals surface area contributed by atoms with E-state index in [1.807, 2.05) is 26.0 Å². The van der Waals surface area contributed by atoms with Crippen LogP contribution in [0, 0.1) is 0 Å². The van der Waals surface area contributed by atoms with E-state index in [2.05, 4.69) is 10.3 Å². The molecule has 3 heterocycles. The van der Waals surface area contributed by atoms with Crippen LogP contribution in [-0.4, -0.2) is 33.9 Å². The van der Waals surface area contributed by atoms with Crippen molar-refractivity contribution >= 4 is 44.9 Å². The van der Waals surface area contributed by atoms with Crippen molar-refractivity contribution in [1.29, 1.82) is 0 Å². The summed E-state index contributed by atoms with van der Waals surface area (Å²) < 4.78 is 12.6. The summed E-state index contributed by atoms with van der Waals surface area (Å²) in [4.78, 5) is 31.9. The highest BCUT2D eigenvalue weighted by molar-refractivity contribution is 7.99. The minimum atomic E-state index is -0.294. The van der Waals surface area contributed by atoms with Gasteiger partial charge < -0.3 is 14.8 Å². The summed E-state index contributed by atoms with van der Waals surface area (Å²) in [5.41, 5.74) is 1.33. The molecular weight excluding hydrogens is 422 g/mol. The van der Waals surface area contributed by atoms with Crippen LogP contribution in [-0.2, 0) is 29.6 Å². The summed E-state index contributed by atoms with van der Waals surface area (Å²) in [7, 11) is 3.28. The molecule has 0 saturated heterocycles. The Kier molecular flexibility index (Phi) is 5.61. The highest BCUT2D eigenvalue weighted by Gasteiger charge is 2.31. The van der Waals surface area contributed by atoms with Crippen LogP contribution in [0.2, 0.25) is 0 Å². The lowest BCUT2D eigenvalue weighted by Gasteiger charge is -2.29. The summed E-state index contributed by atoms with van der Waals surface area (Å²) in [5.74, 6) is 0.636. The molecule has 3 aromatic rings. The van der Waals surface area contributed by atoms with E-state index in [4.69, 9.17) is 9.47 Å². The number of nitrogens with one attached hydrogen (secondary N) is 1. The number of rotatable bonds is 5. The van der Waals surface area contributed by atoms with Gasteiger partial charge in [-0.15, -0.1) is 11.3 Å². The fourth-order valence-corrected chi connectivity index (χ4v) is 5.33. The predicted octanol–water partition coefficient (Wildman–Crippen LogP) is 3.59. The SMILES string of the molecule is COc1cccc(NC(=O)CSc2nc3sc4c(c3c(=O)n2C)CC(C)(C)OC4)c1. The number of carbonyl (C=O) groups is 1. The summed E-state index contributed by atoms with van der Waals surface area (Å²) in [5, 5.41) is 4.04. The number of benzene rings is 1. The standard InChI is InChI=1S/C21H23N3O4S2/c1-21(2)9-14-15(10-28-21)30-18-17(14)19(26)24(3)20(23-18)29-11-16(25)22-12-6-5-7-13(8-12)27-4/h5-8H,9-11H2,1-4H3,(H,22,25). The summed E-state index contributed by atoms with van der Waals surface area (Å²) in [6.45, 7) is 4.56. The van der Waals surface area contributed by atoms with Gasteiger partial charge in [-0.05, 0) is 31.5 Å². The molecular formula is C21H23N3O4S2. The summed E-state index contributed by atoms with van der Waals surface area (Å²) in [6.07, 6.45) is 0.689. The lowest BCUT2D eigenvalue weighted by atomic mass is 9.94. The van der Waals surface area contributed by atoms with Gasteiger partial charge in [-0.3, -0.25) is 14.2 Å². The molecule has 0 fully saturated rings. The molecule has 1 aromatic carbocycles. The number of methoxy groups -OCH3 is 1. The number of fused-ring (bicyclic) bond motifs is 3. The van der Waals surface area contributed by atoms with Crippen molar-refractivity contribution in [3.8, 4) is 5.75 Å². The Bertz CT molecular complexity index is 1180. The first-order valence-electron chi connectivity index (χ1n) is 9.49. The maximum absolute atomic E-state index is 13.1. The molecule has 1 aliphatic rings. The van der Waals surface area contributed by atoms with E-state index >= 15 is 0 Å². The number of thioether (sulfide) groups is 1. The number of amides is 1. The number of carbonyl (C=O) groups excluding carboxylic acids is 1. The summed E-state index contributed by atoms with van der Waals surface area (Å²) >= 11 is 2.74. The smallest absolute Gasteiger partial charge is 0.262 e. The van der Waals surface area contributed by atoms with E-state index in [0.717, 1.165) is 10.4 Å². The number of anilines is 1. The molecule has 0 bridgehead atoms. The number of hydrogen-bond acceptors (Lipinski definition) is 7. The van der Waals surface area contributed by atoms with Crippen molar-refractivity contribution in [2.45, 2.75) is 37.6 Å². The van der Waals surface area contributed by atoms with Gasteiger partial charge in [-0.2, -0.15) is 0 Å². The Morgan fingerprint density at radius 1 is 1.43 bits per heavy atom. The van der Waals surface area contributed by atoms with Crippen LogP contribution in [0.25, 0.3) is 10.2 Å². The fraction of sp³-hybridized carbons (Fsp3) is 0.381. The number of nitrogens with zero attached hydrogens (tertiary/aromatic N) is 2. The molecule has 0 spiro atoms. The van der Waals surface area contributed by atoms with Crippen LogP contribution in [0.5, 0.6) is 5.75 Å². The van der Waals surface area contributed by atoms with Crippen LogP contribution >= 0.6 is 23.1 Å². The van der Waals surface area contributed by atoms with Gasteiger partial charge in [0.1, 0.15) is 10.6 Å². The van der Waals surface area contributed by atoms with Gasteiger partial charge in [-0.1, -0.05) is 17.8 Å². The molecule has 1 N–H and O–H groups in total. The summed E-state index contributed by atoms with van der Waals surface area (Å²) in [6, 6.07) is 7.17. The maximum atomic E-state index is 13.1. The van der Waals surface area contributed by atoms with Crippen LogP contribution in [0.1, 0.15) is 24.3 Å². The average molecular weight is 446 g/mol. The highest BCUT2D eigenvalue weighted by Crippen LogP contribution is 2.37. The minimum absolute atomic E-state index is 0.0779. The molecule has 4 rings (SSSR count). The first-order chi connectivity index (χ1) is 14.3. The Morgan fingerprint density at radius 3 is 3.00 bits per heavy atom. The van der Waals surface area contributed by atoms with Crippen molar-refractivity contribution in [2.75, 3.05) is 18.2 Å². The minimum Gasteiger partial charge on any atom is -0.497 e. The van der Waals surface area contributed by atoms with E-state index in [0.29, 0.717) is 39.8 Å². The normalized spacial score (nSPS) is 15.1. The largest absolute Gasteiger partial charge is 0.497 e.